The summed E-state index contributed by atoms with van der Waals surface area (Å²) in [5.74, 6) is -0.959. The van der Waals surface area contributed by atoms with Gasteiger partial charge in [-0.2, -0.15) is 0 Å². The normalized spacial score (nSPS) is 16.4. The molecule has 0 bridgehead atoms. The molecule has 3 rings (SSSR count). The molecule has 0 saturated carbocycles. The second kappa shape index (κ2) is 8.82. The summed E-state index contributed by atoms with van der Waals surface area (Å²) in [6.45, 7) is 2.24. The predicted octanol–water partition coefficient (Wildman–Crippen LogP) is 3.34. The van der Waals surface area contributed by atoms with Crippen LogP contribution in [0.5, 0.6) is 0 Å². The van der Waals surface area contributed by atoms with Crippen LogP contribution in [0.15, 0.2) is 41.8 Å². The first kappa shape index (κ1) is 18.4. The molecular formula is C19H22N2O4S. The Balaban J connectivity index is 1.59. The summed E-state index contributed by atoms with van der Waals surface area (Å²) >= 11 is 1.63. The van der Waals surface area contributed by atoms with Crippen LogP contribution < -0.4 is 5.32 Å². The van der Waals surface area contributed by atoms with Gasteiger partial charge in [-0.1, -0.05) is 18.2 Å². The predicted molar refractivity (Wildman–Crippen MR) is 99.3 cm³/mol. The zero-order valence-electron chi connectivity index (χ0n) is 14.4. The lowest BCUT2D eigenvalue weighted by Crippen LogP contribution is -2.42. The van der Waals surface area contributed by atoms with Gasteiger partial charge in [0.2, 0.25) is 0 Å². The first-order valence-corrected chi connectivity index (χ1v) is 9.49. The molecule has 1 fully saturated rings. The molecule has 1 unspecified atom stereocenters. The van der Waals surface area contributed by atoms with E-state index in [1.807, 2.05) is 17.5 Å². The highest BCUT2D eigenvalue weighted by atomic mass is 32.1. The molecule has 7 heteroatoms. The first-order chi connectivity index (χ1) is 12.6. The lowest BCUT2D eigenvalue weighted by atomic mass is 10.1. The van der Waals surface area contributed by atoms with Crippen LogP contribution >= 0.6 is 11.3 Å². The number of carbonyl (C=O) groups excluding carboxylic acids is 1. The zero-order chi connectivity index (χ0) is 18.4. The van der Waals surface area contributed by atoms with Gasteiger partial charge in [0.1, 0.15) is 0 Å². The maximum atomic E-state index is 12.7. The van der Waals surface area contributed by atoms with Gasteiger partial charge >= 0.3 is 12.0 Å². The Morgan fingerprint density at radius 1 is 1.27 bits per heavy atom. The van der Waals surface area contributed by atoms with Crippen LogP contribution in [0, 0.1) is 0 Å². The number of amides is 2. The molecule has 1 aliphatic heterocycles. The van der Waals surface area contributed by atoms with Crippen LogP contribution in [0.1, 0.15) is 33.6 Å². The molecular weight excluding hydrogens is 352 g/mol. The van der Waals surface area contributed by atoms with Crippen molar-refractivity contribution in [3.63, 3.8) is 0 Å². The van der Waals surface area contributed by atoms with E-state index >= 15 is 0 Å². The minimum atomic E-state index is -0.959. The van der Waals surface area contributed by atoms with E-state index in [0.717, 1.165) is 29.9 Å². The molecule has 2 amide bonds. The highest BCUT2D eigenvalue weighted by Crippen LogP contribution is 2.17. The Morgan fingerprint density at radius 2 is 2.08 bits per heavy atom. The molecule has 2 N–H and O–H groups in total. The molecule has 0 radical (unpaired) electrons. The van der Waals surface area contributed by atoms with Crippen LogP contribution in [0.3, 0.4) is 0 Å². The van der Waals surface area contributed by atoms with E-state index in [-0.39, 0.29) is 17.7 Å². The van der Waals surface area contributed by atoms with E-state index in [9.17, 15) is 9.59 Å². The van der Waals surface area contributed by atoms with Gasteiger partial charge in [-0.3, -0.25) is 0 Å². The zero-order valence-corrected chi connectivity index (χ0v) is 15.2. The standard InChI is InChI=1S/C19H22N2O4S/c22-18(23)15-7-5-14(6-8-15)11-20-19(24)21(12-16-3-1-9-25-16)13-17-4-2-10-26-17/h2,4-8,10,16H,1,3,9,11-13H2,(H,20,24)(H,22,23). The number of carboxylic acids is 1. The first-order valence-electron chi connectivity index (χ1n) is 8.61. The number of nitrogens with one attached hydrogen (secondary N) is 1. The van der Waals surface area contributed by atoms with Crippen molar-refractivity contribution in [2.45, 2.75) is 32.0 Å². The fourth-order valence-electron chi connectivity index (χ4n) is 2.90. The van der Waals surface area contributed by atoms with Crippen molar-refractivity contribution >= 4 is 23.3 Å². The molecule has 1 aliphatic rings. The van der Waals surface area contributed by atoms with E-state index in [0.29, 0.717) is 19.6 Å². The monoisotopic (exact) mass is 374 g/mol. The van der Waals surface area contributed by atoms with Crippen molar-refractivity contribution in [3.05, 3.63) is 57.8 Å². The second-order valence-corrected chi connectivity index (χ2v) is 7.29. The molecule has 0 aliphatic carbocycles. The molecule has 1 aromatic carbocycles. The number of ether oxygens (including phenoxy) is 1. The van der Waals surface area contributed by atoms with Crippen molar-refractivity contribution in [1.29, 1.82) is 0 Å². The Hall–Kier alpha value is -2.38. The van der Waals surface area contributed by atoms with Gasteiger partial charge in [0.15, 0.2) is 0 Å². The Bertz CT molecular complexity index is 725. The number of carbonyl (C=O) groups is 2. The number of urea groups is 1. The third-order valence-electron chi connectivity index (χ3n) is 4.31. The molecule has 2 heterocycles. The van der Waals surface area contributed by atoms with Gasteiger partial charge in [-0.15, -0.1) is 11.3 Å². The minimum Gasteiger partial charge on any atom is -0.478 e. The summed E-state index contributed by atoms with van der Waals surface area (Å²) in [5, 5.41) is 13.9. The molecule has 6 nitrogen and oxygen atoms in total. The SMILES string of the molecule is O=C(O)c1ccc(CNC(=O)N(Cc2cccs2)CC2CCCO2)cc1. The van der Waals surface area contributed by atoms with Crippen molar-refractivity contribution in [3.8, 4) is 0 Å². The fraction of sp³-hybridized carbons (Fsp3) is 0.368. The Labute approximate surface area is 156 Å². The van der Waals surface area contributed by atoms with Crippen molar-refractivity contribution in [1.82, 2.24) is 10.2 Å². The summed E-state index contributed by atoms with van der Waals surface area (Å²) in [6.07, 6.45) is 2.11. The molecule has 138 valence electrons. The maximum Gasteiger partial charge on any atom is 0.335 e. The molecule has 0 spiro atoms. The highest BCUT2D eigenvalue weighted by molar-refractivity contribution is 7.09. The van der Waals surface area contributed by atoms with Gasteiger partial charge in [0.05, 0.1) is 18.2 Å². The second-order valence-electron chi connectivity index (χ2n) is 6.26. The van der Waals surface area contributed by atoms with Crippen LogP contribution in [0.25, 0.3) is 0 Å². The number of hydrogen-bond acceptors (Lipinski definition) is 4. The third-order valence-corrected chi connectivity index (χ3v) is 5.17. The van der Waals surface area contributed by atoms with E-state index in [1.54, 1.807) is 40.5 Å². The fourth-order valence-corrected chi connectivity index (χ4v) is 3.62. The van der Waals surface area contributed by atoms with Gasteiger partial charge in [0, 0.05) is 24.6 Å². The number of benzene rings is 1. The van der Waals surface area contributed by atoms with Crippen LogP contribution in [-0.4, -0.2) is 41.3 Å². The lowest BCUT2D eigenvalue weighted by Gasteiger charge is -2.25. The van der Waals surface area contributed by atoms with E-state index in [1.165, 1.54) is 0 Å². The van der Waals surface area contributed by atoms with E-state index in [4.69, 9.17) is 9.84 Å². The Kier molecular flexibility index (Phi) is 6.25. The summed E-state index contributed by atoms with van der Waals surface area (Å²) < 4.78 is 5.68. The van der Waals surface area contributed by atoms with Gasteiger partial charge < -0.3 is 20.1 Å². The van der Waals surface area contributed by atoms with Crippen LogP contribution in [0.4, 0.5) is 4.79 Å². The topological polar surface area (TPSA) is 78.9 Å². The smallest absolute Gasteiger partial charge is 0.335 e. The average Bonchev–Trinajstić information content (AvgIpc) is 3.33. The number of rotatable bonds is 7. The number of carboxylic acid groups (broad SMARTS) is 1. The summed E-state index contributed by atoms with van der Waals surface area (Å²) in [6, 6.07) is 10.4. The third kappa shape index (κ3) is 5.06. The van der Waals surface area contributed by atoms with Gasteiger partial charge in [-0.25, -0.2) is 9.59 Å². The number of nitrogens with zero attached hydrogens (tertiary/aromatic N) is 1. The van der Waals surface area contributed by atoms with Crippen molar-refractivity contribution < 1.29 is 19.4 Å². The summed E-state index contributed by atoms with van der Waals surface area (Å²) in [5.41, 5.74) is 1.09. The highest BCUT2D eigenvalue weighted by Gasteiger charge is 2.23. The van der Waals surface area contributed by atoms with Gasteiger partial charge in [0.25, 0.3) is 0 Å². The maximum absolute atomic E-state index is 12.7. The van der Waals surface area contributed by atoms with Gasteiger partial charge in [-0.05, 0) is 42.0 Å². The minimum absolute atomic E-state index is 0.0931. The molecule has 1 saturated heterocycles. The molecule has 2 aromatic rings. The van der Waals surface area contributed by atoms with E-state index < -0.39 is 5.97 Å². The average molecular weight is 374 g/mol. The summed E-state index contributed by atoms with van der Waals surface area (Å²) in [4.78, 5) is 26.5. The Morgan fingerprint density at radius 3 is 2.69 bits per heavy atom. The number of thiophene rings is 1. The van der Waals surface area contributed by atoms with E-state index in [2.05, 4.69) is 5.32 Å². The molecule has 1 atom stereocenters. The van der Waals surface area contributed by atoms with Crippen LogP contribution in [0.2, 0.25) is 0 Å². The largest absolute Gasteiger partial charge is 0.478 e. The number of aromatic carboxylic acids is 1. The molecule has 26 heavy (non-hydrogen) atoms. The van der Waals surface area contributed by atoms with Crippen molar-refractivity contribution in [2.24, 2.45) is 0 Å². The quantitative estimate of drug-likeness (QED) is 0.779. The van der Waals surface area contributed by atoms with Crippen molar-refractivity contribution in [2.75, 3.05) is 13.2 Å². The lowest BCUT2D eigenvalue weighted by molar-refractivity contribution is 0.0697. The van der Waals surface area contributed by atoms with Crippen LogP contribution in [-0.2, 0) is 17.8 Å². The molecule has 1 aromatic heterocycles. The summed E-state index contributed by atoms with van der Waals surface area (Å²) in [7, 11) is 0. The number of hydrogen-bond donors (Lipinski definition) is 2.